The third-order valence-electron chi connectivity index (χ3n) is 6.94. The molecule has 0 bridgehead atoms. The SMILES string of the molecule is CC(C)C(=O)N1CCc2cc(-c3ccc(C(=O)N4CCN(c5cccc(Cl)c5)CC4)cc3)ccc21. The Labute approximate surface area is 211 Å². The van der Waals surface area contributed by atoms with Crippen molar-refractivity contribution in [1.82, 2.24) is 4.90 Å². The Bertz CT molecular complexity index is 1250. The fourth-order valence-corrected chi connectivity index (χ4v) is 5.13. The van der Waals surface area contributed by atoms with E-state index in [-0.39, 0.29) is 17.7 Å². The lowest BCUT2D eigenvalue weighted by atomic mass is 10.00. The van der Waals surface area contributed by atoms with Crippen molar-refractivity contribution in [2.24, 2.45) is 5.92 Å². The van der Waals surface area contributed by atoms with Crippen molar-refractivity contribution >= 4 is 34.8 Å². The van der Waals surface area contributed by atoms with Crippen LogP contribution in [0.2, 0.25) is 5.02 Å². The van der Waals surface area contributed by atoms with Crippen LogP contribution in [0.15, 0.2) is 66.7 Å². The Kier molecular flexibility index (Phi) is 6.52. The smallest absolute Gasteiger partial charge is 0.253 e. The summed E-state index contributed by atoms with van der Waals surface area (Å²) in [7, 11) is 0. The molecule has 180 valence electrons. The normalized spacial score (nSPS) is 15.5. The van der Waals surface area contributed by atoms with Gasteiger partial charge in [0, 0.05) is 60.6 Å². The average molecular weight is 488 g/mol. The van der Waals surface area contributed by atoms with E-state index in [0.717, 1.165) is 53.6 Å². The summed E-state index contributed by atoms with van der Waals surface area (Å²) in [6.07, 6.45) is 0.874. The third kappa shape index (κ3) is 4.78. The zero-order chi connectivity index (χ0) is 24.5. The van der Waals surface area contributed by atoms with Crippen molar-refractivity contribution in [2.45, 2.75) is 20.3 Å². The van der Waals surface area contributed by atoms with Gasteiger partial charge in [0.1, 0.15) is 0 Å². The highest BCUT2D eigenvalue weighted by molar-refractivity contribution is 6.30. The minimum absolute atomic E-state index is 0.00878. The molecule has 0 unspecified atom stereocenters. The van der Waals surface area contributed by atoms with E-state index in [1.807, 2.05) is 66.1 Å². The van der Waals surface area contributed by atoms with Gasteiger partial charge >= 0.3 is 0 Å². The maximum absolute atomic E-state index is 13.1. The molecule has 2 heterocycles. The highest BCUT2D eigenvalue weighted by atomic mass is 35.5. The van der Waals surface area contributed by atoms with E-state index in [9.17, 15) is 9.59 Å². The molecular formula is C29H30ClN3O2. The van der Waals surface area contributed by atoms with Gasteiger partial charge in [0.05, 0.1) is 0 Å². The van der Waals surface area contributed by atoms with Gasteiger partial charge in [0.2, 0.25) is 5.91 Å². The van der Waals surface area contributed by atoms with Crippen LogP contribution < -0.4 is 9.80 Å². The number of halogens is 1. The second-order valence-electron chi connectivity index (χ2n) is 9.57. The molecule has 0 saturated carbocycles. The van der Waals surface area contributed by atoms with Gasteiger partial charge in [-0.3, -0.25) is 9.59 Å². The summed E-state index contributed by atoms with van der Waals surface area (Å²) in [5.41, 5.74) is 6.21. The molecule has 1 fully saturated rings. The van der Waals surface area contributed by atoms with Crippen molar-refractivity contribution < 1.29 is 9.59 Å². The number of rotatable bonds is 4. The number of piperazine rings is 1. The molecule has 1 saturated heterocycles. The Morgan fingerprint density at radius 2 is 1.54 bits per heavy atom. The second-order valence-corrected chi connectivity index (χ2v) is 10.0. The molecule has 6 heteroatoms. The zero-order valence-corrected chi connectivity index (χ0v) is 21.0. The fourth-order valence-electron chi connectivity index (χ4n) is 4.95. The van der Waals surface area contributed by atoms with E-state index < -0.39 is 0 Å². The highest BCUT2D eigenvalue weighted by Crippen LogP contribution is 2.33. The van der Waals surface area contributed by atoms with Crippen molar-refractivity contribution in [3.63, 3.8) is 0 Å². The second kappa shape index (κ2) is 9.74. The lowest BCUT2D eigenvalue weighted by molar-refractivity contribution is -0.121. The number of amides is 2. The summed E-state index contributed by atoms with van der Waals surface area (Å²) in [6, 6.07) is 22.0. The predicted molar refractivity (Wildman–Crippen MR) is 142 cm³/mol. The van der Waals surface area contributed by atoms with Crippen molar-refractivity contribution in [1.29, 1.82) is 0 Å². The van der Waals surface area contributed by atoms with Crippen LogP contribution in [0.1, 0.15) is 29.8 Å². The van der Waals surface area contributed by atoms with E-state index in [2.05, 4.69) is 29.2 Å². The van der Waals surface area contributed by atoms with Crippen LogP contribution in [0.3, 0.4) is 0 Å². The van der Waals surface area contributed by atoms with E-state index in [1.165, 1.54) is 5.56 Å². The van der Waals surface area contributed by atoms with E-state index >= 15 is 0 Å². The maximum Gasteiger partial charge on any atom is 0.253 e. The van der Waals surface area contributed by atoms with Crippen molar-refractivity contribution in [3.05, 3.63) is 82.9 Å². The first-order valence-electron chi connectivity index (χ1n) is 12.3. The number of nitrogens with zero attached hydrogens (tertiary/aromatic N) is 3. The third-order valence-corrected chi connectivity index (χ3v) is 7.18. The lowest BCUT2D eigenvalue weighted by Crippen LogP contribution is -2.48. The van der Waals surface area contributed by atoms with Gasteiger partial charge in [-0.1, -0.05) is 49.7 Å². The van der Waals surface area contributed by atoms with Crippen LogP contribution in [0, 0.1) is 5.92 Å². The summed E-state index contributed by atoms with van der Waals surface area (Å²) in [5.74, 6) is 0.234. The minimum atomic E-state index is -0.00878. The standard InChI is InChI=1S/C29H30ClN3O2/c1-20(2)28(34)33-13-12-24-18-23(10-11-27(24)33)21-6-8-22(9-7-21)29(35)32-16-14-31(15-17-32)26-5-3-4-25(30)19-26/h3-11,18-20H,12-17H2,1-2H3. The molecule has 3 aromatic carbocycles. The summed E-state index contributed by atoms with van der Waals surface area (Å²) in [5, 5.41) is 0.728. The highest BCUT2D eigenvalue weighted by Gasteiger charge is 2.27. The molecule has 2 aliphatic rings. The first-order chi connectivity index (χ1) is 16.9. The average Bonchev–Trinajstić information content (AvgIpc) is 3.31. The van der Waals surface area contributed by atoms with Gasteiger partial charge in [-0.2, -0.15) is 0 Å². The number of anilines is 2. The predicted octanol–water partition coefficient (Wildman–Crippen LogP) is 5.51. The molecule has 5 rings (SSSR count). The monoisotopic (exact) mass is 487 g/mol. The first-order valence-corrected chi connectivity index (χ1v) is 12.6. The summed E-state index contributed by atoms with van der Waals surface area (Å²) in [6.45, 7) is 7.57. The van der Waals surface area contributed by atoms with Crippen LogP contribution >= 0.6 is 11.6 Å². The summed E-state index contributed by atoms with van der Waals surface area (Å²) in [4.78, 5) is 31.7. The van der Waals surface area contributed by atoms with Gasteiger partial charge in [0.25, 0.3) is 5.91 Å². The van der Waals surface area contributed by atoms with Crippen molar-refractivity contribution in [3.8, 4) is 11.1 Å². The van der Waals surface area contributed by atoms with Crippen LogP contribution in [-0.2, 0) is 11.2 Å². The fraction of sp³-hybridized carbons (Fsp3) is 0.310. The van der Waals surface area contributed by atoms with Gasteiger partial charge < -0.3 is 14.7 Å². The number of carbonyl (C=O) groups is 2. The molecular weight excluding hydrogens is 458 g/mol. The molecule has 0 spiro atoms. The zero-order valence-electron chi connectivity index (χ0n) is 20.2. The Hall–Kier alpha value is -3.31. The largest absolute Gasteiger partial charge is 0.368 e. The van der Waals surface area contributed by atoms with Gasteiger partial charge in [-0.05, 0) is 65.6 Å². The molecule has 2 aliphatic heterocycles. The van der Waals surface area contributed by atoms with Crippen LogP contribution in [0.25, 0.3) is 11.1 Å². The maximum atomic E-state index is 13.1. The van der Waals surface area contributed by atoms with Crippen molar-refractivity contribution in [2.75, 3.05) is 42.5 Å². The molecule has 0 N–H and O–H groups in total. The lowest BCUT2D eigenvalue weighted by Gasteiger charge is -2.36. The van der Waals surface area contributed by atoms with E-state index in [4.69, 9.17) is 11.6 Å². The Morgan fingerprint density at radius 1 is 0.829 bits per heavy atom. The molecule has 2 amide bonds. The van der Waals surface area contributed by atoms with Gasteiger partial charge in [-0.25, -0.2) is 0 Å². The van der Waals surface area contributed by atoms with E-state index in [0.29, 0.717) is 18.7 Å². The molecule has 3 aromatic rings. The molecule has 0 radical (unpaired) electrons. The van der Waals surface area contributed by atoms with Gasteiger partial charge in [-0.15, -0.1) is 0 Å². The summed E-state index contributed by atoms with van der Waals surface area (Å²) >= 11 is 6.13. The quantitative estimate of drug-likeness (QED) is 0.487. The molecule has 5 nitrogen and oxygen atoms in total. The molecule has 35 heavy (non-hydrogen) atoms. The molecule has 0 aliphatic carbocycles. The Balaban J connectivity index is 1.24. The number of fused-ring (bicyclic) bond motifs is 1. The summed E-state index contributed by atoms with van der Waals surface area (Å²) < 4.78 is 0. The topological polar surface area (TPSA) is 43.9 Å². The van der Waals surface area contributed by atoms with Crippen LogP contribution in [0.4, 0.5) is 11.4 Å². The number of benzene rings is 3. The van der Waals surface area contributed by atoms with Gasteiger partial charge in [0.15, 0.2) is 0 Å². The van der Waals surface area contributed by atoms with E-state index in [1.54, 1.807) is 0 Å². The first kappa shape index (κ1) is 23.4. The van der Waals surface area contributed by atoms with Crippen LogP contribution in [-0.4, -0.2) is 49.4 Å². The Morgan fingerprint density at radius 3 is 2.23 bits per heavy atom. The number of hydrogen-bond acceptors (Lipinski definition) is 3. The minimum Gasteiger partial charge on any atom is -0.368 e. The van der Waals surface area contributed by atoms with Crippen LogP contribution in [0.5, 0.6) is 0 Å². The molecule has 0 aromatic heterocycles. The number of carbonyl (C=O) groups excluding carboxylic acids is 2. The number of hydrogen-bond donors (Lipinski definition) is 0. The molecule has 0 atom stereocenters.